The van der Waals surface area contributed by atoms with Crippen LogP contribution in [0.15, 0.2) is 0 Å². The smallest absolute Gasteiger partial charge is 0.307 e. The molecule has 0 radical (unpaired) electrons. The van der Waals surface area contributed by atoms with Crippen LogP contribution in [0.3, 0.4) is 0 Å². The van der Waals surface area contributed by atoms with Crippen LogP contribution in [0.4, 0.5) is 0 Å². The monoisotopic (exact) mass is 346 g/mol. The summed E-state index contributed by atoms with van der Waals surface area (Å²) in [5.41, 5.74) is 0. The highest BCUT2D eigenvalue weighted by atomic mass is 16.6. The van der Waals surface area contributed by atoms with Crippen molar-refractivity contribution >= 4 is 11.9 Å². The van der Waals surface area contributed by atoms with Gasteiger partial charge in [-0.2, -0.15) is 0 Å². The molecule has 1 atom stereocenters. The molecule has 0 aliphatic carbocycles. The third-order valence-corrected chi connectivity index (χ3v) is 3.36. The van der Waals surface area contributed by atoms with E-state index in [-0.39, 0.29) is 32.0 Å². The first-order valence-corrected chi connectivity index (χ1v) is 9.01. The lowest BCUT2D eigenvalue weighted by atomic mass is 10.3. The molecule has 0 saturated carbocycles. The summed E-state index contributed by atoms with van der Waals surface area (Å²) in [6, 6.07) is 0. The largest absolute Gasteiger partial charge is 0.462 e. The Kier molecular flexibility index (Phi) is 15.9. The minimum Gasteiger partial charge on any atom is -0.462 e. The maximum Gasteiger partial charge on any atom is 0.307 e. The van der Waals surface area contributed by atoms with E-state index in [0.717, 1.165) is 38.8 Å². The molecule has 142 valence electrons. The Morgan fingerprint density at radius 2 is 1.46 bits per heavy atom. The molecule has 0 aliphatic heterocycles. The van der Waals surface area contributed by atoms with Crippen molar-refractivity contribution in [3.05, 3.63) is 0 Å². The highest BCUT2D eigenvalue weighted by Gasteiger charge is 2.15. The van der Waals surface area contributed by atoms with E-state index < -0.39 is 12.1 Å². The third kappa shape index (κ3) is 14.4. The normalized spacial score (nSPS) is 12.0. The van der Waals surface area contributed by atoms with E-state index in [2.05, 4.69) is 24.5 Å². The van der Waals surface area contributed by atoms with Crippen molar-refractivity contribution in [2.45, 2.75) is 58.5 Å². The number of aliphatic hydroxyl groups excluding tert-OH is 1. The van der Waals surface area contributed by atoms with Gasteiger partial charge in [0, 0.05) is 13.1 Å². The number of rotatable bonds is 16. The Morgan fingerprint density at radius 1 is 0.917 bits per heavy atom. The number of ether oxygens (including phenoxy) is 2. The summed E-state index contributed by atoms with van der Waals surface area (Å²) in [7, 11) is 0. The van der Waals surface area contributed by atoms with Crippen molar-refractivity contribution < 1.29 is 24.2 Å². The number of nitrogens with one attached hydrogen (secondary N) is 2. The number of esters is 2. The molecule has 0 aromatic rings. The first kappa shape index (κ1) is 22.8. The zero-order valence-electron chi connectivity index (χ0n) is 15.1. The van der Waals surface area contributed by atoms with Gasteiger partial charge in [0.1, 0.15) is 6.61 Å². The fraction of sp³-hybridized carbons (Fsp3) is 0.882. The molecule has 0 amide bonds. The second-order valence-corrected chi connectivity index (χ2v) is 5.68. The molecule has 24 heavy (non-hydrogen) atoms. The van der Waals surface area contributed by atoms with Crippen molar-refractivity contribution in [1.29, 1.82) is 0 Å². The first-order chi connectivity index (χ1) is 11.6. The van der Waals surface area contributed by atoms with Crippen molar-refractivity contribution in [2.24, 2.45) is 0 Å². The van der Waals surface area contributed by atoms with Crippen molar-refractivity contribution in [3.63, 3.8) is 0 Å². The van der Waals surface area contributed by atoms with Gasteiger partial charge >= 0.3 is 11.9 Å². The number of unbranched alkanes of at least 4 members (excludes halogenated alkanes) is 2. The van der Waals surface area contributed by atoms with E-state index in [1.807, 2.05) is 0 Å². The van der Waals surface area contributed by atoms with Gasteiger partial charge in [-0.1, -0.05) is 26.7 Å². The van der Waals surface area contributed by atoms with Crippen LogP contribution in [0.5, 0.6) is 0 Å². The van der Waals surface area contributed by atoms with Crippen LogP contribution in [0.2, 0.25) is 0 Å². The lowest BCUT2D eigenvalue weighted by Crippen LogP contribution is -2.30. The Bertz CT molecular complexity index is 326. The van der Waals surface area contributed by atoms with Gasteiger partial charge < -0.3 is 25.2 Å². The van der Waals surface area contributed by atoms with Crippen molar-refractivity contribution in [3.8, 4) is 0 Å². The maximum absolute atomic E-state index is 11.6. The molecule has 1 unspecified atom stereocenters. The molecule has 0 saturated heterocycles. The van der Waals surface area contributed by atoms with Crippen LogP contribution in [0.25, 0.3) is 0 Å². The van der Waals surface area contributed by atoms with Gasteiger partial charge in [0.25, 0.3) is 0 Å². The summed E-state index contributed by atoms with van der Waals surface area (Å²) < 4.78 is 10.1. The zero-order chi connectivity index (χ0) is 18.0. The Balaban J connectivity index is 3.73. The predicted octanol–water partition coefficient (Wildman–Crippen LogP) is 0.993. The van der Waals surface area contributed by atoms with Gasteiger partial charge in [-0.25, -0.2) is 0 Å². The van der Waals surface area contributed by atoms with Crippen LogP contribution in [-0.4, -0.2) is 62.5 Å². The quantitative estimate of drug-likeness (QED) is 0.283. The third-order valence-electron chi connectivity index (χ3n) is 3.36. The van der Waals surface area contributed by atoms with Gasteiger partial charge in [-0.05, 0) is 25.9 Å². The van der Waals surface area contributed by atoms with E-state index in [9.17, 15) is 14.7 Å². The van der Waals surface area contributed by atoms with E-state index in [4.69, 9.17) is 9.47 Å². The number of aliphatic hydroxyl groups is 1. The van der Waals surface area contributed by atoms with Gasteiger partial charge in [0.05, 0.1) is 19.4 Å². The maximum atomic E-state index is 11.6. The fourth-order valence-corrected chi connectivity index (χ4v) is 1.86. The minimum absolute atomic E-state index is 0.112. The van der Waals surface area contributed by atoms with Crippen molar-refractivity contribution in [1.82, 2.24) is 10.6 Å². The van der Waals surface area contributed by atoms with Gasteiger partial charge in [-0.3, -0.25) is 9.59 Å². The summed E-state index contributed by atoms with van der Waals surface area (Å²) >= 11 is 0. The van der Waals surface area contributed by atoms with E-state index in [0.29, 0.717) is 13.1 Å². The van der Waals surface area contributed by atoms with Crippen LogP contribution >= 0.6 is 0 Å². The second kappa shape index (κ2) is 16.7. The van der Waals surface area contributed by atoms with Crippen LogP contribution in [0.1, 0.15) is 52.4 Å². The van der Waals surface area contributed by atoms with Gasteiger partial charge in [0.15, 0.2) is 6.10 Å². The highest BCUT2D eigenvalue weighted by molar-refractivity contribution is 5.70. The summed E-state index contributed by atoms with van der Waals surface area (Å²) in [4.78, 5) is 23.2. The van der Waals surface area contributed by atoms with Crippen LogP contribution in [-0.2, 0) is 19.1 Å². The number of carbonyl (C=O) groups excluding carboxylic acids is 2. The predicted molar refractivity (Wildman–Crippen MR) is 92.7 cm³/mol. The molecular formula is C17H34N2O5. The molecule has 0 spiro atoms. The number of carbonyl (C=O) groups is 2. The summed E-state index contributed by atoms with van der Waals surface area (Å²) in [6.07, 6.45) is 4.04. The SMILES string of the molecule is CCCCNCCC(=O)OCC(CO)OC(=O)CCNCCCC. The molecule has 0 bridgehead atoms. The molecule has 0 heterocycles. The molecule has 0 fully saturated rings. The molecule has 3 N–H and O–H groups in total. The molecule has 0 aliphatic rings. The Labute approximate surface area is 145 Å². The van der Waals surface area contributed by atoms with Crippen molar-refractivity contribution in [2.75, 3.05) is 39.4 Å². The molecule has 0 aromatic heterocycles. The van der Waals surface area contributed by atoms with Gasteiger partial charge in [-0.15, -0.1) is 0 Å². The fourth-order valence-electron chi connectivity index (χ4n) is 1.86. The average molecular weight is 346 g/mol. The standard InChI is InChI=1S/C17H34N2O5/c1-3-5-9-18-11-7-16(21)23-14-15(13-20)24-17(22)8-12-19-10-6-4-2/h15,18-20H,3-14H2,1-2H3. The molecule has 0 aromatic carbocycles. The topological polar surface area (TPSA) is 96.9 Å². The molecular weight excluding hydrogens is 312 g/mol. The van der Waals surface area contributed by atoms with Crippen LogP contribution < -0.4 is 10.6 Å². The van der Waals surface area contributed by atoms with Crippen LogP contribution in [0, 0.1) is 0 Å². The highest BCUT2D eigenvalue weighted by Crippen LogP contribution is 1.98. The van der Waals surface area contributed by atoms with E-state index >= 15 is 0 Å². The van der Waals surface area contributed by atoms with Gasteiger partial charge in [0.2, 0.25) is 0 Å². The molecule has 7 heteroatoms. The van der Waals surface area contributed by atoms with E-state index in [1.165, 1.54) is 0 Å². The van der Waals surface area contributed by atoms with E-state index in [1.54, 1.807) is 0 Å². The number of hydrogen-bond donors (Lipinski definition) is 3. The number of hydrogen-bond acceptors (Lipinski definition) is 7. The lowest BCUT2D eigenvalue weighted by molar-refractivity contribution is -0.161. The molecule has 0 rings (SSSR count). The molecule has 7 nitrogen and oxygen atoms in total. The lowest BCUT2D eigenvalue weighted by Gasteiger charge is -2.16. The Morgan fingerprint density at radius 3 is 1.96 bits per heavy atom. The Hall–Kier alpha value is -1.18. The second-order valence-electron chi connectivity index (χ2n) is 5.68. The summed E-state index contributed by atoms with van der Waals surface area (Å²) in [5.74, 6) is -0.773. The zero-order valence-corrected chi connectivity index (χ0v) is 15.1. The first-order valence-electron chi connectivity index (χ1n) is 9.01. The minimum atomic E-state index is -0.801. The average Bonchev–Trinajstić information content (AvgIpc) is 2.58. The summed E-state index contributed by atoms with van der Waals surface area (Å²) in [5, 5.41) is 15.5. The summed E-state index contributed by atoms with van der Waals surface area (Å²) in [6.45, 7) is 6.59.